The highest BCUT2D eigenvalue weighted by molar-refractivity contribution is 9.10. The first-order chi connectivity index (χ1) is 6.07. The zero-order valence-electron chi connectivity index (χ0n) is 6.40. The van der Waals surface area contributed by atoms with Gasteiger partial charge in [0.1, 0.15) is 5.15 Å². The molecule has 0 aliphatic carbocycles. The highest BCUT2D eigenvalue weighted by Crippen LogP contribution is 2.34. The van der Waals surface area contributed by atoms with Crippen LogP contribution in [0.3, 0.4) is 0 Å². The van der Waals surface area contributed by atoms with E-state index in [9.17, 15) is 8.78 Å². The Morgan fingerprint density at radius 3 is 2.69 bits per heavy atom. The molecule has 1 rings (SSSR count). The molecular weight excluding hydrogens is 265 g/mol. The van der Waals surface area contributed by atoms with Crippen molar-refractivity contribution >= 4 is 27.5 Å². The second kappa shape index (κ2) is 4.30. The summed E-state index contributed by atoms with van der Waals surface area (Å²) in [5.74, 6) is 0. The minimum atomic E-state index is -2.65. The van der Waals surface area contributed by atoms with Gasteiger partial charge in [-0.15, -0.1) is 0 Å². The van der Waals surface area contributed by atoms with E-state index in [0.717, 1.165) is 0 Å². The predicted octanol–water partition coefficient (Wildman–Crippen LogP) is 2.89. The average Bonchev–Trinajstić information content (AvgIpc) is 2.04. The highest BCUT2D eigenvalue weighted by atomic mass is 79.9. The summed E-state index contributed by atoms with van der Waals surface area (Å²) in [7, 11) is 0. The number of nitrogens with two attached hydrogens (primary N) is 1. The van der Waals surface area contributed by atoms with E-state index < -0.39 is 6.43 Å². The molecule has 0 aliphatic rings. The summed E-state index contributed by atoms with van der Waals surface area (Å²) in [4.78, 5) is 3.61. The number of pyridine rings is 1. The van der Waals surface area contributed by atoms with Gasteiger partial charge < -0.3 is 5.73 Å². The van der Waals surface area contributed by atoms with Crippen LogP contribution in [0.5, 0.6) is 0 Å². The maximum Gasteiger partial charge on any atom is 0.267 e. The van der Waals surface area contributed by atoms with E-state index in [2.05, 4.69) is 20.9 Å². The van der Waals surface area contributed by atoms with Gasteiger partial charge in [0.15, 0.2) is 0 Å². The summed E-state index contributed by atoms with van der Waals surface area (Å²) in [5, 5.41) is -0.195. The molecule has 0 saturated heterocycles. The second-order valence-electron chi connectivity index (χ2n) is 2.31. The zero-order chi connectivity index (χ0) is 10.0. The zero-order valence-corrected chi connectivity index (χ0v) is 8.74. The topological polar surface area (TPSA) is 38.9 Å². The minimum absolute atomic E-state index is 0.143. The van der Waals surface area contributed by atoms with Crippen molar-refractivity contribution in [1.82, 2.24) is 4.98 Å². The molecule has 72 valence electrons. The van der Waals surface area contributed by atoms with Crippen molar-refractivity contribution in [3.05, 3.63) is 26.9 Å². The van der Waals surface area contributed by atoms with Crippen LogP contribution < -0.4 is 5.73 Å². The molecule has 13 heavy (non-hydrogen) atoms. The van der Waals surface area contributed by atoms with E-state index in [4.69, 9.17) is 17.3 Å². The molecule has 0 bridgehead atoms. The minimum Gasteiger partial charge on any atom is -0.326 e. The van der Waals surface area contributed by atoms with Gasteiger partial charge >= 0.3 is 0 Å². The number of hydrogen-bond acceptors (Lipinski definition) is 2. The average molecular weight is 271 g/mol. The third-order valence-electron chi connectivity index (χ3n) is 1.51. The molecule has 0 fully saturated rings. The lowest BCUT2D eigenvalue weighted by atomic mass is 10.2. The summed E-state index contributed by atoms with van der Waals surface area (Å²) in [6.45, 7) is 0.143. The molecule has 1 aromatic rings. The van der Waals surface area contributed by atoms with Gasteiger partial charge in [-0.3, -0.25) is 0 Å². The van der Waals surface area contributed by atoms with Gasteiger partial charge in [-0.1, -0.05) is 11.6 Å². The smallest absolute Gasteiger partial charge is 0.267 e. The number of alkyl halides is 2. The van der Waals surface area contributed by atoms with Crippen molar-refractivity contribution in [1.29, 1.82) is 0 Å². The Morgan fingerprint density at radius 1 is 1.62 bits per heavy atom. The molecule has 0 saturated carbocycles. The number of rotatable bonds is 2. The SMILES string of the molecule is NCc1cnc(Cl)c(C(F)F)c1Br. The second-order valence-corrected chi connectivity index (χ2v) is 3.46. The van der Waals surface area contributed by atoms with Crippen LogP contribution in [-0.4, -0.2) is 4.98 Å². The summed E-state index contributed by atoms with van der Waals surface area (Å²) in [6.07, 6.45) is -1.28. The first-order valence-electron chi connectivity index (χ1n) is 3.39. The van der Waals surface area contributed by atoms with Crippen LogP contribution in [0, 0.1) is 0 Å². The summed E-state index contributed by atoms with van der Waals surface area (Å²) in [6, 6.07) is 0. The van der Waals surface area contributed by atoms with Gasteiger partial charge in [0.25, 0.3) is 6.43 Å². The Hall–Kier alpha value is -0.260. The fraction of sp³-hybridized carbons (Fsp3) is 0.286. The van der Waals surface area contributed by atoms with Crippen molar-refractivity contribution in [2.75, 3.05) is 0 Å². The Labute approximate surface area is 87.2 Å². The maximum atomic E-state index is 12.4. The first kappa shape index (κ1) is 10.8. The molecule has 0 spiro atoms. The van der Waals surface area contributed by atoms with Crippen LogP contribution in [-0.2, 0) is 6.54 Å². The normalized spacial score (nSPS) is 10.9. The molecule has 2 nitrogen and oxygen atoms in total. The summed E-state index contributed by atoms with van der Waals surface area (Å²) >= 11 is 8.50. The van der Waals surface area contributed by atoms with Crippen LogP contribution in [0.1, 0.15) is 17.6 Å². The van der Waals surface area contributed by atoms with Crippen LogP contribution in [0.15, 0.2) is 10.7 Å². The monoisotopic (exact) mass is 270 g/mol. The van der Waals surface area contributed by atoms with Gasteiger partial charge in [0, 0.05) is 17.2 Å². The van der Waals surface area contributed by atoms with Gasteiger partial charge in [0.05, 0.1) is 5.56 Å². The molecule has 1 aromatic heterocycles. The van der Waals surface area contributed by atoms with Crippen molar-refractivity contribution in [3.63, 3.8) is 0 Å². The van der Waals surface area contributed by atoms with E-state index in [0.29, 0.717) is 5.56 Å². The first-order valence-corrected chi connectivity index (χ1v) is 4.56. The van der Waals surface area contributed by atoms with Gasteiger partial charge in [-0.2, -0.15) is 0 Å². The lowest BCUT2D eigenvalue weighted by Crippen LogP contribution is -2.02. The van der Waals surface area contributed by atoms with Crippen molar-refractivity contribution in [3.8, 4) is 0 Å². The van der Waals surface area contributed by atoms with E-state index in [-0.39, 0.29) is 21.7 Å². The molecule has 0 radical (unpaired) electrons. The fourth-order valence-electron chi connectivity index (χ4n) is 0.852. The van der Waals surface area contributed by atoms with Crippen LogP contribution in [0.2, 0.25) is 5.15 Å². The Morgan fingerprint density at radius 2 is 2.23 bits per heavy atom. The molecule has 0 unspecified atom stereocenters. The van der Waals surface area contributed by atoms with Gasteiger partial charge in [-0.25, -0.2) is 13.8 Å². The largest absolute Gasteiger partial charge is 0.326 e. The standard InChI is InChI=1S/C7H6BrClF2N2/c8-5-3(1-12)2-13-6(9)4(5)7(10)11/h2,7H,1,12H2. The number of aromatic nitrogens is 1. The fourth-order valence-corrected chi connectivity index (χ4v) is 1.82. The van der Waals surface area contributed by atoms with E-state index >= 15 is 0 Å². The van der Waals surface area contributed by atoms with Gasteiger partial charge in [0.2, 0.25) is 0 Å². The van der Waals surface area contributed by atoms with E-state index in [1.807, 2.05) is 0 Å². The Bertz CT molecular complexity index is 320. The Kier molecular flexibility index (Phi) is 3.58. The highest BCUT2D eigenvalue weighted by Gasteiger charge is 2.19. The van der Waals surface area contributed by atoms with Crippen molar-refractivity contribution in [2.24, 2.45) is 5.73 Å². The molecule has 6 heteroatoms. The van der Waals surface area contributed by atoms with Crippen LogP contribution >= 0.6 is 27.5 Å². The Balaban J connectivity index is 3.30. The molecule has 0 amide bonds. The van der Waals surface area contributed by atoms with Crippen molar-refractivity contribution in [2.45, 2.75) is 13.0 Å². The molecule has 1 heterocycles. The molecule has 2 N–H and O–H groups in total. The number of halogens is 4. The third kappa shape index (κ3) is 2.15. The van der Waals surface area contributed by atoms with E-state index in [1.54, 1.807) is 0 Å². The molecule has 0 aromatic carbocycles. The molecule has 0 atom stereocenters. The third-order valence-corrected chi connectivity index (χ3v) is 2.75. The lowest BCUT2D eigenvalue weighted by molar-refractivity contribution is 0.150. The molecule has 0 aliphatic heterocycles. The maximum absolute atomic E-state index is 12.4. The summed E-state index contributed by atoms with van der Waals surface area (Å²) < 4.78 is 25.1. The number of nitrogens with zero attached hydrogens (tertiary/aromatic N) is 1. The van der Waals surface area contributed by atoms with Crippen LogP contribution in [0.25, 0.3) is 0 Å². The number of hydrogen-bond donors (Lipinski definition) is 1. The quantitative estimate of drug-likeness (QED) is 0.840. The van der Waals surface area contributed by atoms with Crippen LogP contribution in [0.4, 0.5) is 8.78 Å². The van der Waals surface area contributed by atoms with Gasteiger partial charge in [-0.05, 0) is 21.5 Å². The van der Waals surface area contributed by atoms with E-state index in [1.165, 1.54) is 6.20 Å². The summed E-state index contributed by atoms with van der Waals surface area (Å²) in [5.41, 5.74) is 5.52. The lowest BCUT2D eigenvalue weighted by Gasteiger charge is -2.08. The molecular formula is C7H6BrClF2N2. The van der Waals surface area contributed by atoms with Crippen molar-refractivity contribution < 1.29 is 8.78 Å². The predicted molar refractivity (Wildman–Crippen MR) is 49.8 cm³/mol.